The number of benzene rings is 4. The lowest BCUT2D eigenvalue weighted by Crippen LogP contribution is -2.09. The number of rotatable bonds is 6. The van der Waals surface area contributed by atoms with Gasteiger partial charge >= 0.3 is 7.82 Å². The Morgan fingerprint density at radius 2 is 1.32 bits per heavy atom. The van der Waals surface area contributed by atoms with E-state index in [0.29, 0.717) is 17.2 Å². The second-order valence-corrected chi connectivity index (χ2v) is 9.16. The predicted octanol–water partition coefficient (Wildman–Crippen LogP) is 7.72. The van der Waals surface area contributed by atoms with E-state index >= 15 is 0 Å². The average Bonchev–Trinajstić information content (AvgIpc) is 2.73. The maximum atomic E-state index is 13.9. The van der Waals surface area contributed by atoms with Crippen molar-refractivity contribution in [1.82, 2.24) is 0 Å². The fraction of sp³-hybridized carbons (Fsp3) is 0.154. The Kier molecular flexibility index (Phi) is 5.75. The third-order valence-corrected chi connectivity index (χ3v) is 6.35. The Bertz CT molecular complexity index is 1280. The molecule has 4 aromatic rings. The van der Waals surface area contributed by atoms with Crippen LogP contribution < -0.4 is 13.6 Å². The van der Waals surface area contributed by atoms with E-state index in [1.54, 1.807) is 12.1 Å². The van der Waals surface area contributed by atoms with Crippen LogP contribution in [-0.4, -0.2) is 0 Å². The molecule has 0 saturated heterocycles. The first kappa shape index (κ1) is 21.0. The highest BCUT2D eigenvalue weighted by atomic mass is 31.2. The van der Waals surface area contributed by atoms with Gasteiger partial charge in [-0.15, -0.1) is 0 Å². The van der Waals surface area contributed by atoms with Crippen LogP contribution in [0.1, 0.15) is 22.3 Å². The quantitative estimate of drug-likeness (QED) is 0.293. The first-order valence-corrected chi connectivity index (χ1v) is 11.6. The zero-order valence-corrected chi connectivity index (χ0v) is 19.0. The van der Waals surface area contributed by atoms with Crippen LogP contribution in [0, 0.1) is 27.7 Å². The molecule has 31 heavy (non-hydrogen) atoms. The van der Waals surface area contributed by atoms with Gasteiger partial charge < -0.3 is 13.6 Å². The molecule has 0 aliphatic carbocycles. The lowest BCUT2D eigenvalue weighted by atomic mass is 10.1. The molecule has 0 radical (unpaired) electrons. The lowest BCUT2D eigenvalue weighted by Gasteiger charge is -2.22. The Labute approximate surface area is 183 Å². The van der Waals surface area contributed by atoms with E-state index in [-0.39, 0.29) is 0 Å². The van der Waals surface area contributed by atoms with Gasteiger partial charge in [0.15, 0.2) is 0 Å². The number of aryl methyl sites for hydroxylation is 4. The second-order valence-electron chi connectivity index (χ2n) is 7.72. The number of fused-ring (bicyclic) bond motifs is 1. The topological polar surface area (TPSA) is 44.8 Å². The van der Waals surface area contributed by atoms with E-state index in [1.165, 1.54) is 0 Å². The van der Waals surface area contributed by atoms with Crippen molar-refractivity contribution in [1.29, 1.82) is 0 Å². The van der Waals surface area contributed by atoms with E-state index in [4.69, 9.17) is 13.6 Å². The van der Waals surface area contributed by atoms with Crippen LogP contribution in [-0.2, 0) is 4.57 Å². The van der Waals surface area contributed by atoms with Gasteiger partial charge in [-0.2, -0.15) is 4.57 Å². The summed E-state index contributed by atoms with van der Waals surface area (Å²) in [5.74, 6) is 1.37. The number of hydrogen-bond donors (Lipinski definition) is 0. The molecule has 5 heteroatoms. The maximum Gasteiger partial charge on any atom is 0.647 e. The molecule has 158 valence electrons. The summed E-state index contributed by atoms with van der Waals surface area (Å²) in [6.07, 6.45) is 0. The van der Waals surface area contributed by atoms with Gasteiger partial charge in [-0.05, 0) is 73.4 Å². The van der Waals surface area contributed by atoms with Crippen LogP contribution in [0.2, 0.25) is 0 Å². The monoisotopic (exact) mass is 432 g/mol. The zero-order valence-electron chi connectivity index (χ0n) is 18.1. The van der Waals surface area contributed by atoms with Crippen LogP contribution in [0.5, 0.6) is 17.2 Å². The first-order valence-electron chi connectivity index (χ1n) is 10.1. The van der Waals surface area contributed by atoms with Crippen molar-refractivity contribution < 1.29 is 18.1 Å². The van der Waals surface area contributed by atoms with Gasteiger partial charge in [0.25, 0.3) is 0 Å². The van der Waals surface area contributed by atoms with Crippen LogP contribution >= 0.6 is 7.82 Å². The Morgan fingerprint density at radius 1 is 0.613 bits per heavy atom. The number of para-hydroxylation sites is 1. The smallest absolute Gasteiger partial charge is 0.386 e. The summed E-state index contributed by atoms with van der Waals surface area (Å²) in [6.45, 7) is 7.70. The van der Waals surface area contributed by atoms with Gasteiger partial charge in [0.2, 0.25) is 0 Å². The van der Waals surface area contributed by atoms with Crippen LogP contribution in [0.15, 0.2) is 78.9 Å². The standard InChI is InChI=1S/C26H25O4P/c1-18-12-15-25(21(4)16-18)29-31(27,30-26-19(2)8-7-9-20(26)3)28-24-14-13-22-10-5-6-11-23(22)17-24/h5-17H,1-4H3. The summed E-state index contributed by atoms with van der Waals surface area (Å²) in [7, 11) is -4.06. The third kappa shape index (κ3) is 4.76. The van der Waals surface area contributed by atoms with Crippen molar-refractivity contribution in [3.05, 3.63) is 101 Å². The van der Waals surface area contributed by atoms with Gasteiger partial charge in [0.1, 0.15) is 17.2 Å². The Hall–Kier alpha value is -3.23. The molecule has 0 N–H and O–H groups in total. The molecule has 0 aliphatic heterocycles. The largest absolute Gasteiger partial charge is 0.647 e. The summed E-state index contributed by atoms with van der Waals surface area (Å²) >= 11 is 0. The minimum absolute atomic E-state index is 0.415. The highest BCUT2D eigenvalue weighted by Crippen LogP contribution is 2.51. The van der Waals surface area contributed by atoms with E-state index in [1.807, 2.05) is 94.4 Å². The molecule has 0 fully saturated rings. The molecule has 0 heterocycles. The van der Waals surface area contributed by atoms with Crippen molar-refractivity contribution in [3.8, 4) is 17.2 Å². The SMILES string of the molecule is Cc1ccc(OP(=O)(Oc2ccc3ccccc3c2)Oc2c(C)cccc2C)c(C)c1. The summed E-state index contributed by atoms with van der Waals surface area (Å²) in [4.78, 5) is 0. The summed E-state index contributed by atoms with van der Waals surface area (Å²) < 4.78 is 31.8. The number of phosphoric ester groups is 1. The van der Waals surface area contributed by atoms with Crippen molar-refractivity contribution in [2.75, 3.05) is 0 Å². The Balaban J connectivity index is 1.74. The molecule has 4 nitrogen and oxygen atoms in total. The fourth-order valence-corrected chi connectivity index (χ4v) is 4.93. The molecule has 0 amide bonds. The van der Waals surface area contributed by atoms with Crippen molar-refractivity contribution in [2.45, 2.75) is 27.7 Å². The van der Waals surface area contributed by atoms with Crippen molar-refractivity contribution in [2.24, 2.45) is 0 Å². The minimum Gasteiger partial charge on any atom is -0.386 e. The van der Waals surface area contributed by atoms with E-state index in [0.717, 1.165) is 33.0 Å². The molecule has 4 aromatic carbocycles. The highest BCUT2D eigenvalue weighted by Gasteiger charge is 2.35. The summed E-state index contributed by atoms with van der Waals surface area (Å²) in [5.41, 5.74) is 3.65. The van der Waals surface area contributed by atoms with E-state index in [2.05, 4.69) is 0 Å². The average molecular weight is 432 g/mol. The molecule has 1 atom stereocenters. The van der Waals surface area contributed by atoms with Gasteiger partial charge in [-0.25, -0.2) is 0 Å². The molecular formula is C26H25O4P. The first-order chi connectivity index (χ1) is 14.8. The number of hydrogen-bond acceptors (Lipinski definition) is 4. The molecule has 1 unspecified atom stereocenters. The molecule has 0 bridgehead atoms. The van der Waals surface area contributed by atoms with Crippen LogP contribution in [0.3, 0.4) is 0 Å². The normalized spacial score (nSPS) is 12.9. The zero-order chi connectivity index (χ0) is 22.0. The van der Waals surface area contributed by atoms with Gasteiger partial charge in [-0.3, -0.25) is 0 Å². The minimum atomic E-state index is -4.06. The summed E-state index contributed by atoms with van der Waals surface area (Å²) in [6, 6.07) is 24.8. The Morgan fingerprint density at radius 3 is 2.03 bits per heavy atom. The number of phosphoric acid groups is 1. The van der Waals surface area contributed by atoms with Gasteiger partial charge in [-0.1, -0.05) is 66.2 Å². The highest BCUT2D eigenvalue weighted by molar-refractivity contribution is 7.49. The van der Waals surface area contributed by atoms with Gasteiger partial charge in [0, 0.05) is 0 Å². The van der Waals surface area contributed by atoms with E-state index in [9.17, 15) is 4.57 Å². The molecule has 0 spiro atoms. The predicted molar refractivity (Wildman–Crippen MR) is 125 cm³/mol. The van der Waals surface area contributed by atoms with E-state index < -0.39 is 7.82 Å². The molecule has 0 aliphatic rings. The lowest BCUT2D eigenvalue weighted by molar-refractivity contribution is 0.296. The molecule has 4 rings (SSSR count). The van der Waals surface area contributed by atoms with Crippen LogP contribution in [0.4, 0.5) is 0 Å². The van der Waals surface area contributed by atoms with Gasteiger partial charge in [0.05, 0.1) is 0 Å². The van der Waals surface area contributed by atoms with Crippen molar-refractivity contribution in [3.63, 3.8) is 0 Å². The van der Waals surface area contributed by atoms with Crippen molar-refractivity contribution >= 4 is 18.6 Å². The third-order valence-electron chi connectivity index (χ3n) is 5.09. The molecule has 0 aromatic heterocycles. The fourth-order valence-electron chi connectivity index (χ4n) is 3.49. The molecule has 0 saturated carbocycles. The maximum absolute atomic E-state index is 13.9. The second kappa shape index (κ2) is 8.49. The summed E-state index contributed by atoms with van der Waals surface area (Å²) in [5, 5.41) is 2.04. The van der Waals surface area contributed by atoms with Crippen LogP contribution in [0.25, 0.3) is 10.8 Å². The molecular weight excluding hydrogens is 407 g/mol.